The summed E-state index contributed by atoms with van der Waals surface area (Å²) in [5, 5.41) is 8.29. The van der Waals surface area contributed by atoms with Gasteiger partial charge in [-0.25, -0.2) is 0 Å². The van der Waals surface area contributed by atoms with Crippen molar-refractivity contribution in [3.8, 4) is 0 Å². The van der Waals surface area contributed by atoms with Gasteiger partial charge in [-0.05, 0) is 52.3 Å². The molecule has 1 aromatic heterocycles. The maximum absolute atomic E-state index is 4.61. The topological polar surface area (TPSA) is 29.9 Å². The minimum Gasteiger partial charge on any atom is -0.304 e. The van der Waals surface area contributed by atoms with E-state index in [-0.39, 0.29) is 6.04 Å². The number of hydrogen-bond acceptors (Lipinski definition) is 2. The SMILES string of the molecule is CCn1nc(C)c(C(C)NC(C)c2ccc(Br)cc2)c1C. The van der Waals surface area contributed by atoms with Crippen LogP contribution < -0.4 is 5.32 Å². The van der Waals surface area contributed by atoms with Crippen molar-refractivity contribution < 1.29 is 0 Å². The quantitative estimate of drug-likeness (QED) is 0.848. The number of nitrogens with zero attached hydrogens (tertiary/aromatic N) is 2. The van der Waals surface area contributed by atoms with Crippen LogP contribution in [0.15, 0.2) is 28.7 Å². The third kappa shape index (κ3) is 3.55. The van der Waals surface area contributed by atoms with E-state index in [1.54, 1.807) is 0 Å². The number of aromatic nitrogens is 2. The Morgan fingerprint density at radius 3 is 2.29 bits per heavy atom. The van der Waals surface area contributed by atoms with E-state index in [9.17, 15) is 0 Å². The summed E-state index contributed by atoms with van der Waals surface area (Å²) in [6.45, 7) is 11.7. The molecule has 0 spiro atoms. The Kier molecular flexibility index (Phi) is 5.22. The van der Waals surface area contributed by atoms with Gasteiger partial charge in [0.25, 0.3) is 0 Å². The van der Waals surface area contributed by atoms with Crippen LogP contribution >= 0.6 is 15.9 Å². The molecular weight excluding hydrogens is 326 g/mol. The lowest BCUT2D eigenvalue weighted by atomic mass is 10.0. The van der Waals surface area contributed by atoms with Crippen molar-refractivity contribution in [3.05, 3.63) is 51.3 Å². The molecule has 4 heteroatoms. The van der Waals surface area contributed by atoms with Gasteiger partial charge in [0.2, 0.25) is 0 Å². The summed E-state index contributed by atoms with van der Waals surface area (Å²) in [4.78, 5) is 0. The van der Waals surface area contributed by atoms with Crippen LogP contribution in [-0.2, 0) is 6.54 Å². The van der Waals surface area contributed by atoms with Crippen molar-refractivity contribution >= 4 is 15.9 Å². The van der Waals surface area contributed by atoms with Gasteiger partial charge in [0.05, 0.1) is 5.69 Å². The smallest absolute Gasteiger partial charge is 0.0644 e. The molecule has 1 N–H and O–H groups in total. The molecule has 114 valence electrons. The van der Waals surface area contributed by atoms with Crippen molar-refractivity contribution in [1.82, 2.24) is 15.1 Å². The first-order valence-electron chi connectivity index (χ1n) is 7.49. The largest absolute Gasteiger partial charge is 0.304 e. The van der Waals surface area contributed by atoms with E-state index in [0.717, 1.165) is 16.7 Å². The predicted octanol–water partition coefficient (Wildman–Crippen LogP) is 4.69. The second-order valence-electron chi connectivity index (χ2n) is 5.56. The van der Waals surface area contributed by atoms with Gasteiger partial charge in [0.1, 0.15) is 0 Å². The molecule has 0 saturated carbocycles. The molecule has 0 saturated heterocycles. The maximum Gasteiger partial charge on any atom is 0.0644 e. The number of rotatable bonds is 5. The zero-order chi connectivity index (χ0) is 15.6. The Labute approximate surface area is 135 Å². The minimum atomic E-state index is 0.281. The number of benzene rings is 1. The number of aryl methyl sites for hydroxylation is 2. The molecule has 0 aliphatic heterocycles. The van der Waals surface area contributed by atoms with E-state index in [0.29, 0.717) is 6.04 Å². The highest BCUT2D eigenvalue weighted by molar-refractivity contribution is 9.10. The van der Waals surface area contributed by atoms with Crippen molar-refractivity contribution in [2.75, 3.05) is 0 Å². The van der Waals surface area contributed by atoms with Gasteiger partial charge in [-0.3, -0.25) is 4.68 Å². The lowest BCUT2D eigenvalue weighted by molar-refractivity contribution is 0.490. The van der Waals surface area contributed by atoms with Crippen molar-refractivity contribution in [1.29, 1.82) is 0 Å². The first-order chi connectivity index (χ1) is 9.93. The van der Waals surface area contributed by atoms with Crippen molar-refractivity contribution in [2.24, 2.45) is 0 Å². The molecule has 0 fully saturated rings. The van der Waals surface area contributed by atoms with Gasteiger partial charge in [0, 0.05) is 34.4 Å². The van der Waals surface area contributed by atoms with Crippen LogP contribution in [0.2, 0.25) is 0 Å². The minimum absolute atomic E-state index is 0.281. The van der Waals surface area contributed by atoms with Crippen LogP contribution in [0, 0.1) is 13.8 Å². The van der Waals surface area contributed by atoms with Gasteiger partial charge in [-0.2, -0.15) is 5.10 Å². The molecule has 2 atom stereocenters. The zero-order valence-corrected chi connectivity index (χ0v) is 15.0. The molecule has 2 aromatic rings. The normalized spacial score (nSPS) is 14.2. The fourth-order valence-corrected chi connectivity index (χ4v) is 3.22. The third-order valence-corrected chi connectivity index (χ3v) is 4.57. The highest BCUT2D eigenvalue weighted by Gasteiger charge is 2.18. The molecule has 1 heterocycles. The van der Waals surface area contributed by atoms with Gasteiger partial charge in [-0.15, -0.1) is 0 Å². The molecule has 2 unspecified atom stereocenters. The van der Waals surface area contributed by atoms with Crippen LogP contribution in [0.5, 0.6) is 0 Å². The van der Waals surface area contributed by atoms with Crippen LogP contribution in [0.3, 0.4) is 0 Å². The van der Waals surface area contributed by atoms with Crippen LogP contribution in [0.4, 0.5) is 0 Å². The van der Waals surface area contributed by atoms with Gasteiger partial charge >= 0.3 is 0 Å². The first kappa shape index (κ1) is 16.2. The summed E-state index contributed by atoms with van der Waals surface area (Å²) in [6.07, 6.45) is 0. The molecule has 0 amide bonds. The number of halogens is 1. The second-order valence-corrected chi connectivity index (χ2v) is 6.48. The molecule has 0 bridgehead atoms. The second kappa shape index (κ2) is 6.75. The fraction of sp³-hybridized carbons (Fsp3) is 0.471. The van der Waals surface area contributed by atoms with Crippen LogP contribution in [-0.4, -0.2) is 9.78 Å². The van der Waals surface area contributed by atoms with Gasteiger partial charge in [-0.1, -0.05) is 28.1 Å². The Balaban J connectivity index is 2.16. The van der Waals surface area contributed by atoms with Crippen molar-refractivity contribution in [3.63, 3.8) is 0 Å². The van der Waals surface area contributed by atoms with E-state index < -0.39 is 0 Å². The van der Waals surface area contributed by atoms with Crippen LogP contribution in [0.25, 0.3) is 0 Å². The summed E-state index contributed by atoms with van der Waals surface area (Å²) in [5.74, 6) is 0. The van der Waals surface area contributed by atoms with E-state index in [1.807, 2.05) is 0 Å². The molecular formula is C17H24BrN3. The van der Waals surface area contributed by atoms with Gasteiger partial charge < -0.3 is 5.32 Å². The van der Waals surface area contributed by atoms with E-state index in [1.165, 1.54) is 16.8 Å². The Hall–Kier alpha value is -1.13. The monoisotopic (exact) mass is 349 g/mol. The van der Waals surface area contributed by atoms with Crippen molar-refractivity contribution in [2.45, 2.75) is 53.2 Å². The maximum atomic E-state index is 4.61. The molecule has 3 nitrogen and oxygen atoms in total. The highest BCUT2D eigenvalue weighted by Crippen LogP contribution is 2.25. The molecule has 0 aliphatic rings. The molecule has 0 radical (unpaired) electrons. The van der Waals surface area contributed by atoms with E-state index in [2.05, 4.69) is 89.9 Å². The van der Waals surface area contributed by atoms with E-state index >= 15 is 0 Å². The summed E-state index contributed by atoms with van der Waals surface area (Å²) in [5.41, 5.74) is 5.00. The van der Waals surface area contributed by atoms with E-state index in [4.69, 9.17) is 0 Å². The predicted molar refractivity (Wildman–Crippen MR) is 91.5 cm³/mol. The lowest BCUT2D eigenvalue weighted by Gasteiger charge is -2.21. The zero-order valence-electron chi connectivity index (χ0n) is 13.4. The molecule has 0 aliphatic carbocycles. The Morgan fingerprint density at radius 1 is 1.14 bits per heavy atom. The molecule has 21 heavy (non-hydrogen) atoms. The standard InChI is InChI=1S/C17H24BrN3/c1-6-21-14(5)17(13(4)20-21)12(3)19-11(2)15-7-9-16(18)10-8-15/h7-12,19H,6H2,1-5H3. The summed E-state index contributed by atoms with van der Waals surface area (Å²) >= 11 is 3.48. The van der Waals surface area contributed by atoms with Gasteiger partial charge in [0.15, 0.2) is 0 Å². The summed E-state index contributed by atoms with van der Waals surface area (Å²) in [6, 6.07) is 9.07. The molecule has 1 aromatic carbocycles. The third-order valence-electron chi connectivity index (χ3n) is 4.04. The lowest BCUT2D eigenvalue weighted by Crippen LogP contribution is -2.23. The summed E-state index contributed by atoms with van der Waals surface area (Å²) in [7, 11) is 0. The summed E-state index contributed by atoms with van der Waals surface area (Å²) < 4.78 is 3.19. The average Bonchev–Trinajstić information content (AvgIpc) is 2.73. The Bertz CT molecular complexity index is 601. The molecule has 2 rings (SSSR count). The average molecular weight is 350 g/mol. The number of nitrogens with one attached hydrogen (secondary N) is 1. The van der Waals surface area contributed by atoms with Crippen LogP contribution in [0.1, 0.15) is 55.4 Å². The highest BCUT2D eigenvalue weighted by atomic mass is 79.9. The fourth-order valence-electron chi connectivity index (χ4n) is 2.95. The number of hydrogen-bond donors (Lipinski definition) is 1. The Morgan fingerprint density at radius 2 is 1.76 bits per heavy atom. The first-order valence-corrected chi connectivity index (χ1v) is 8.28.